The number of unbranched alkanes of at least 4 members (excludes halogenated alkanes) is 1. The number of nitrogens with zero attached hydrogens (tertiary/aromatic N) is 1. The van der Waals surface area contributed by atoms with E-state index in [1.807, 2.05) is 61.5 Å². The van der Waals surface area contributed by atoms with Gasteiger partial charge < -0.3 is 14.5 Å². The van der Waals surface area contributed by atoms with E-state index in [9.17, 15) is 4.79 Å². The van der Waals surface area contributed by atoms with Gasteiger partial charge in [-0.05, 0) is 56.2 Å². The standard InChI is InChI=1S/C28H30N2O3.ClH/c1-4-7-16-32-28(31)22-11-9-8-10-21(22)27-23-14-12-19(29-5-2)17-25(23)33-26-18-20(30-6-3)13-15-24(26)27;/h8-15,17-18,29H,4-7,16H2,1-3H3;1H. The third-order valence-corrected chi connectivity index (χ3v) is 5.57. The molecular weight excluding hydrogens is 448 g/mol. The summed E-state index contributed by atoms with van der Waals surface area (Å²) in [6.45, 7) is 8.08. The highest BCUT2D eigenvalue weighted by atomic mass is 35.5. The number of ether oxygens (including phenoxy) is 1. The number of hydrogen-bond donors (Lipinski definition) is 1. The summed E-state index contributed by atoms with van der Waals surface area (Å²) in [6, 6.07) is 19.7. The molecule has 1 N–H and O–H groups in total. The number of carbonyl (C=O) groups excluding carboxylic acids is 1. The molecule has 0 saturated carbocycles. The average molecular weight is 479 g/mol. The van der Waals surface area contributed by atoms with Crippen LogP contribution in [0.5, 0.6) is 0 Å². The zero-order valence-electron chi connectivity index (χ0n) is 19.9. The summed E-state index contributed by atoms with van der Waals surface area (Å²) in [4.78, 5) is 17.5. The molecule has 6 heteroatoms. The van der Waals surface area contributed by atoms with Gasteiger partial charge in [-0.1, -0.05) is 31.5 Å². The Morgan fingerprint density at radius 2 is 1.82 bits per heavy atom. The molecule has 0 aromatic heterocycles. The number of carbonyl (C=O) groups is 1. The topological polar surface area (TPSA) is 63.8 Å². The van der Waals surface area contributed by atoms with Crippen molar-refractivity contribution < 1.29 is 13.9 Å². The van der Waals surface area contributed by atoms with Gasteiger partial charge in [-0.2, -0.15) is 0 Å². The third-order valence-electron chi connectivity index (χ3n) is 5.57. The molecule has 4 rings (SSSR count). The molecule has 1 aliphatic carbocycles. The van der Waals surface area contributed by atoms with Gasteiger partial charge in [0, 0.05) is 47.4 Å². The van der Waals surface area contributed by atoms with Crippen molar-refractivity contribution in [3.05, 3.63) is 71.6 Å². The second-order valence-corrected chi connectivity index (χ2v) is 7.91. The fraction of sp³-hybridized carbons (Fsp3) is 0.286. The molecule has 0 atom stereocenters. The monoisotopic (exact) mass is 478 g/mol. The van der Waals surface area contributed by atoms with Gasteiger partial charge >= 0.3 is 5.97 Å². The Morgan fingerprint density at radius 3 is 2.59 bits per heavy atom. The lowest BCUT2D eigenvalue weighted by Gasteiger charge is -2.18. The fourth-order valence-electron chi connectivity index (χ4n) is 4.03. The molecule has 2 aromatic carbocycles. The second-order valence-electron chi connectivity index (χ2n) is 7.91. The van der Waals surface area contributed by atoms with Crippen LogP contribution in [-0.2, 0) is 4.74 Å². The molecule has 0 unspecified atom stereocenters. The number of benzene rings is 3. The Morgan fingerprint density at radius 1 is 1.00 bits per heavy atom. The van der Waals surface area contributed by atoms with E-state index in [2.05, 4.69) is 30.2 Å². The van der Waals surface area contributed by atoms with Gasteiger partial charge in [0.05, 0.1) is 17.5 Å². The summed E-state index contributed by atoms with van der Waals surface area (Å²) in [5.74, 6) is 0.429. The van der Waals surface area contributed by atoms with Crippen LogP contribution in [0.2, 0.25) is 0 Å². The van der Waals surface area contributed by atoms with Crippen LogP contribution in [0.3, 0.4) is 0 Å². The molecule has 2 aromatic rings. The van der Waals surface area contributed by atoms with E-state index in [1.54, 1.807) is 0 Å². The number of halogens is 1. The first-order valence-corrected chi connectivity index (χ1v) is 11.7. The predicted octanol–water partition coefficient (Wildman–Crippen LogP) is 6.94. The molecule has 1 aliphatic heterocycles. The number of nitrogens with one attached hydrogen (secondary N) is 1. The maximum absolute atomic E-state index is 13.0. The average Bonchev–Trinajstić information content (AvgIpc) is 2.83. The predicted molar refractivity (Wildman–Crippen MR) is 141 cm³/mol. The first kappa shape index (κ1) is 25.3. The SMILES string of the molecule is CCCCOC(=O)c1ccccc1-c1c2ccc(=NCC)cc-2oc2cc(NCC)ccc12.Cl. The maximum atomic E-state index is 13.0. The molecule has 0 spiro atoms. The molecule has 5 nitrogen and oxygen atoms in total. The fourth-order valence-corrected chi connectivity index (χ4v) is 4.03. The van der Waals surface area contributed by atoms with Crippen molar-refractivity contribution in [1.82, 2.24) is 0 Å². The zero-order chi connectivity index (χ0) is 23.2. The Kier molecular flexibility index (Phi) is 8.72. The van der Waals surface area contributed by atoms with Gasteiger partial charge in [0.25, 0.3) is 0 Å². The molecular formula is C28H31ClN2O3. The Bertz CT molecular complexity index is 1310. The number of esters is 1. The van der Waals surface area contributed by atoms with Gasteiger partial charge in [0.2, 0.25) is 0 Å². The number of hydrogen-bond acceptors (Lipinski definition) is 5. The molecule has 34 heavy (non-hydrogen) atoms. The summed E-state index contributed by atoms with van der Waals surface area (Å²) < 4.78 is 11.9. The zero-order valence-corrected chi connectivity index (χ0v) is 20.7. The maximum Gasteiger partial charge on any atom is 0.338 e. The lowest BCUT2D eigenvalue weighted by atomic mass is 9.90. The molecule has 2 aliphatic rings. The summed E-state index contributed by atoms with van der Waals surface area (Å²) in [5, 5.41) is 5.16. The van der Waals surface area contributed by atoms with Gasteiger partial charge in [0.15, 0.2) is 0 Å². The van der Waals surface area contributed by atoms with Crippen LogP contribution in [0.25, 0.3) is 33.4 Å². The van der Waals surface area contributed by atoms with Crippen molar-refractivity contribution in [3.63, 3.8) is 0 Å². The first-order valence-electron chi connectivity index (χ1n) is 11.7. The van der Waals surface area contributed by atoms with Crippen LogP contribution < -0.4 is 10.7 Å². The van der Waals surface area contributed by atoms with E-state index in [0.717, 1.165) is 63.9 Å². The van der Waals surface area contributed by atoms with E-state index < -0.39 is 0 Å². The Hall–Kier alpha value is -3.31. The smallest absolute Gasteiger partial charge is 0.338 e. The van der Waals surface area contributed by atoms with E-state index >= 15 is 0 Å². The van der Waals surface area contributed by atoms with Crippen molar-refractivity contribution in [1.29, 1.82) is 0 Å². The van der Waals surface area contributed by atoms with E-state index in [4.69, 9.17) is 9.15 Å². The lowest BCUT2D eigenvalue weighted by Crippen LogP contribution is -2.09. The van der Waals surface area contributed by atoms with Gasteiger partial charge in [-0.15, -0.1) is 12.4 Å². The number of fused-ring (bicyclic) bond motifs is 2. The summed E-state index contributed by atoms with van der Waals surface area (Å²) in [6.07, 6.45) is 1.82. The minimum absolute atomic E-state index is 0. The van der Waals surface area contributed by atoms with E-state index in [1.165, 1.54) is 0 Å². The van der Waals surface area contributed by atoms with Crippen LogP contribution in [0.15, 0.2) is 70.1 Å². The molecule has 0 fully saturated rings. The summed E-state index contributed by atoms with van der Waals surface area (Å²) in [7, 11) is 0. The van der Waals surface area contributed by atoms with Gasteiger partial charge in [-0.3, -0.25) is 4.99 Å². The van der Waals surface area contributed by atoms with Crippen molar-refractivity contribution in [2.24, 2.45) is 4.99 Å². The minimum Gasteiger partial charge on any atom is -0.462 e. The summed E-state index contributed by atoms with van der Waals surface area (Å²) >= 11 is 0. The normalized spacial score (nSPS) is 11.4. The molecule has 178 valence electrons. The Balaban J connectivity index is 0.00000324. The highest BCUT2D eigenvalue weighted by Gasteiger charge is 2.22. The quantitative estimate of drug-likeness (QED) is 0.169. The third kappa shape index (κ3) is 5.26. The van der Waals surface area contributed by atoms with Gasteiger partial charge in [0.1, 0.15) is 11.3 Å². The van der Waals surface area contributed by atoms with Gasteiger partial charge in [-0.25, -0.2) is 4.79 Å². The minimum atomic E-state index is -0.303. The first-order chi connectivity index (χ1) is 16.2. The molecule has 0 radical (unpaired) electrons. The molecule has 0 amide bonds. The van der Waals surface area contributed by atoms with Crippen molar-refractivity contribution in [2.45, 2.75) is 33.6 Å². The van der Waals surface area contributed by atoms with E-state index in [0.29, 0.717) is 18.7 Å². The highest BCUT2D eigenvalue weighted by molar-refractivity contribution is 6.08. The van der Waals surface area contributed by atoms with Crippen LogP contribution in [0.4, 0.5) is 5.69 Å². The molecule has 0 saturated heterocycles. The van der Waals surface area contributed by atoms with Crippen LogP contribution in [0, 0.1) is 0 Å². The van der Waals surface area contributed by atoms with Crippen molar-refractivity contribution in [2.75, 3.05) is 25.0 Å². The highest BCUT2D eigenvalue weighted by Crippen LogP contribution is 2.41. The van der Waals surface area contributed by atoms with Crippen LogP contribution in [-0.4, -0.2) is 25.7 Å². The number of anilines is 1. The van der Waals surface area contributed by atoms with Crippen LogP contribution >= 0.6 is 12.4 Å². The second kappa shape index (κ2) is 11.7. The Labute approximate surface area is 206 Å². The van der Waals surface area contributed by atoms with E-state index in [-0.39, 0.29) is 18.4 Å². The lowest BCUT2D eigenvalue weighted by molar-refractivity contribution is 0.0500. The van der Waals surface area contributed by atoms with Crippen molar-refractivity contribution in [3.8, 4) is 22.5 Å². The van der Waals surface area contributed by atoms with Crippen molar-refractivity contribution >= 4 is 35.0 Å². The molecule has 0 bridgehead atoms. The summed E-state index contributed by atoms with van der Waals surface area (Å²) in [5.41, 5.74) is 5.02. The largest absolute Gasteiger partial charge is 0.462 e. The number of rotatable bonds is 8. The molecule has 1 heterocycles. The van der Waals surface area contributed by atoms with Crippen LogP contribution in [0.1, 0.15) is 44.0 Å².